The highest BCUT2D eigenvalue weighted by atomic mass is 16.4. The van der Waals surface area contributed by atoms with Crippen molar-refractivity contribution in [2.45, 2.75) is 12.1 Å². The van der Waals surface area contributed by atoms with E-state index in [2.05, 4.69) is 25.9 Å². The predicted molar refractivity (Wildman–Crippen MR) is 96.5 cm³/mol. The summed E-state index contributed by atoms with van der Waals surface area (Å²) >= 11 is 0. The molecule has 2 aliphatic heterocycles. The first-order valence-electron chi connectivity index (χ1n) is 8.62. The highest BCUT2D eigenvalue weighted by Gasteiger charge is 2.41. The zero-order chi connectivity index (χ0) is 18.2. The summed E-state index contributed by atoms with van der Waals surface area (Å²) < 4.78 is 5.21. The average Bonchev–Trinajstić information content (AvgIpc) is 3.39. The van der Waals surface area contributed by atoms with E-state index >= 15 is 0 Å². The number of benzene rings is 1. The van der Waals surface area contributed by atoms with E-state index in [0.29, 0.717) is 12.4 Å². The summed E-state index contributed by atoms with van der Waals surface area (Å²) in [5, 5.41) is 12.7. The van der Waals surface area contributed by atoms with Gasteiger partial charge in [-0.25, -0.2) is 5.43 Å². The van der Waals surface area contributed by atoms with Crippen LogP contribution in [0.1, 0.15) is 17.2 Å². The van der Waals surface area contributed by atoms with Crippen LogP contribution in [0.2, 0.25) is 0 Å². The second kappa shape index (κ2) is 6.33. The Morgan fingerprint density at radius 3 is 2.70 bits per heavy atom. The van der Waals surface area contributed by atoms with Gasteiger partial charge in [-0.1, -0.05) is 18.2 Å². The number of hydrazine groups is 1. The molecular weight excluding hydrogens is 344 g/mol. The third-order valence-corrected chi connectivity index (χ3v) is 4.82. The van der Waals surface area contributed by atoms with E-state index in [4.69, 9.17) is 4.42 Å². The second-order valence-electron chi connectivity index (χ2n) is 6.40. The van der Waals surface area contributed by atoms with Crippen molar-refractivity contribution in [3.63, 3.8) is 0 Å². The molecule has 2 unspecified atom stereocenters. The van der Waals surface area contributed by atoms with Crippen molar-refractivity contribution in [3.8, 4) is 11.5 Å². The average molecular weight is 360 g/mol. The maximum absolute atomic E-state index is 12.6. The molecule has 1 saturated heterocycles. The molecule has 0 spiro atoms. The van der Waals surface area contributed by atoms with Gasteiger partial charge in [0.2, 0.25) is 12.3 Å². The predicted octanol–water partition coefficient (Wildman–Crippen LogP) is 1.53. The molecule has 0 bridgehead atoms. The maximum Gasteiger partial charge on any atom is 0.264 e. The van der Waals surface area contributed by atoms with Crippen LogP contribution in [0.5, 0.6) is 0 Å². The number of amides is 1. The number of fused-ring (bicyclic) bond motifs is 1. The van der Waals surface area contributed by atoms with Gasteiger partial charge in [0, 0.05) is 35.8 Å². The number of nitrogens with one attached hydrogen (secondary N) is 2. The molecule has 1 amide bonds. The molecule has 0 aliphatic carbocycles. The first kappa shape index (κ1) is 15.7. The lowest BCUT2D eigenvalue weighted by molar-refractivity contribution is -0.130. The Morgan fingerprint density at radius 1 is 1.11 bits per heavy atom. The summed E-state index contributed by atoms with van der Waals surface area (Å²) in [6.45, 7) is 0.650. The van der Waals surface area contributed by atoms with E-state index in [0.717, 1.165) is 22.5 Å². The molecule has 4 heterocycles. The Bertz CT molecular complexity index is 985. The molecule has 2 aliphatic rings. The summed E-state index contributed by atoms with van der Waals surface area (Å²) in [4.78, 5) is 17.0. The molecule has 1 fully saturated rings. The number of hydrogen-bond donors (Lipinski definition) is 2. The van der Waals surface area contributed by atoms with E-state index in [9.17, 15) is 4.79 Å². The van der Waals surface area contributed by atoms with Gasteiger partial charge >= 0.3 is 0 Å². The molecule has 134 valence electrons. The van der Waals surface area contributed by atoms with Crippen molar-refractivity contribution in [1.82, 2.24) is 30.9 Å². The van der Waals surface area contributed by atoms with E-state index in [-0.39, 0.29) is 18.0 Å². The van der Waals surface area contributed by atoms with Crippen LogP contribution >= 0.6 is 0 Å². The minimum absolute atomic E-state index is 0.0662. The molecule has 3 aromatic rings. The van der Waals surface area contributed by atoms with Crippen LogP contribution in [0.25, 0.3) is 17.2 Å². The minimum atomic E-state index is -0.192. The van der Waals surface area contributed by atoms with Gasteiger partial charge < -0.3 is 9.73 Å². The van der Waals surface area contributed by atoms with E-state index in [1.165, 1.54) is 6.39 Å². The number of aromatic nitrogens is 3. The lowest BCUT2D eigenvalue weighted by atomic mass is 9.99. The molecule has 2 aromatic heterocycles. The Balaban J connectivity index is 1.43. The zero-order valence-electron chi connectivity index (χ0n) is 14.2. The number of hydrogen-bond acceptors (Lipinski definition) is 7. The lowest BCUT2D eigenvalue weighted by Crippen LogP contribution is -2.52. The van der Waals surface area contributed by atoms with Crippen molar-refractivity contribution in [1.29, 1.82) is 0 Å². The molecule has 1 aromatic carbocycles. The second-order valence-corrected chi connectivity index (χ2v) is 6.40. The summed E-state index contributed by atoms with van der Waals surface area (Å²) in [6.07, 6.45) is 4.48. The highest BCUT2D eigenvalue weighted by Crippen LogP contribution is 2.30. The molecule has 5 rings (SSSR count). The molecule has 27 heavy (non-hydrogen) atoms. The van der Waals surface area contributed by atoms with Crippen molar-refractivity contribution >= 4 is 11.6 Å². The number of pyridine rings is 1. The van der Waals surface area contributed by atoms with Gasteiger partial charge in [-0.2, -0.15) is 0 Å². The van der Waals surface area contributed by atoms with Crippen LogP contribution in [0.3, 0.4) is 0 Å². The summed E-state index contributed by atoms with van der Waals surface area (Å²) in [5.74, 6) is 0.453. The number of rotatable bonds is 3. The van der Waals surface area contributed by atoms with Gasteiger partial charge in [-0.05, 0) is 29.8 Å². The maximum atomic E-state index is 12.6. The Kier molecular flexibility index (Phi) is 3.68. The molecule has 2 N–H and O–H groups in total. The lowest BCUT2D eigenvalue weighted by Gasteiger charge is -2.33. The third kappa shape index (κ3) is 2.76. The van der Waals surface area contributed by atoms with Crippen molar-refractivity contribution < 1.29 is 9.21 Å². The van der Waals surface area contributed by atoms with Crippen LogP contribution in [-0.4, -0.2) is 38.8 Å². The monoisotopic (exact) mass is 360 g/mol. The molecule has 8 heteroatoms. The summed E-state index contributed by atoms with van der Waals surface area (Å²) in [6, 6.07) is 13.5. The third-order valence-electron chi connectivity index (χ3n) is 4.82. The van der Waals surface area contributed by atoms with Crippen LogP contribution in [0, 0.1) is 0 Å². The smallest absolute Gasteiger partial charge is 0.264 e. The minimum Gasteiger partial charge on any atom is -0.423 e. The number of carbonyl (C=O) groups is 1. The van der Waals surface area contributed by atoms with Crippen LogP contribution in [0.4, 0.5) is 0 Å². The molecular formula is C19H16N6O2. The Labute approximate surface area is 154 Å². The van der Waals surface area contributed by atoms with E-state index in [1.54, 1.807) is 17.3 Å². The molecule has 8 nitrogen and oxygen atoms in total. The van der Waals surface area contributed by atoms with Gasteiger partial charge in [0.25, 0.3) is 5.91 Å². The molecule has 2 atom stereocenters. The first-order chi connectivity index (χ1) is 13.3. The zero-order valence-corrected chi connectivity index (χ0v) is 14.2. The van der Waals surface area contributed by atoms with Crippen LogP contribution in [-0.2, 0) is 4.79 Å². The quantitative estimate of drug-likeness (QED) is 0.731. The summed E-state index contributed by atoms with van der Waals surface area (Å²) in [5.41, 5.74) is 6.64. The van der Waals surface area contributed by atoms with Gasteiger partial charge in [-0.15, -0.1) is 10.2 Å². The largest absolute Gasteiger partial charge is 0.423 e. The van der Waals surface area contributed by atoms with Gasteiger partial charge in [-0.3, -0.25) is 14.8 Å². The first-order valence-corrected chi connectivity index (χ1v) is 8.62. The standard InChI is InChI=1S/C19H16N6O2/c26-17-9-16(12-4-6-13(7-5-12)19-24-21-11-27-19)23-18-14(10-22-25(17)18)15-3-1-2-8-20-15/h1-9,11,14,18,22-23H,10H2. The normalized spacial score (nSPS) is 21.6. The van der Waals surface area contributed by atoms with Crippen LogP contribution in [0.15, 0.2) is 65.5 Å². The van der Waals surface area contributed by atoms with Crippen LogP contribution < -0.4 is 10.7 Å². The topological polar surface area (TPSA) is 96.2 Å². The van der Waals surface area contributed by atoms with Gasteiger partial charge in [0.15, 0.2) is 0 Å². The fourth-order valence-corrected chi connectivity index (χ4v) is 3.48. The van der Waals surface area contributed by atoms with E-state index in [1.807, 2.05) is 42.5 Å². The summed E-state index contributed by atoms with van der Waals surface area (Å²) in [7, 11) is 0. The highest BCUT2D eigenvalue weighted by molar-refractivity contribution is 5.96. The molecule has 0 radical (unpaired) electrons. The van der Waals surface area contributed by atoms with Crippen molar-refractivity contribution in [3.05, 3.63) is 72.4 Å². The molecule has 0 saturated carbocycles. The number of nitrogens with zero attached hydrogens (tertiary/aromatic N) is 4. The number of carbonyl (C=O) groups excluding carboxylic acids is 1. The van der Waals surface area contributed by atoms with E-state index < -0.39 is 0 Å². The SMILES string of the molecule is O=C1C=C(c2ccc(-c3nnco3)cc2)NC2C(c3ccccn3)CNN12. The fraction of sp³-hybridized carbons (Fsp3) is 0.158. The fourth-order valence-electron chi connectivity index (χ4n) is 3.48. The van der Waals surface area contributed by atoms with Gasteiger partial charge in [0.1, 0.15) is 6.17 Å². The van der Waals surface area contributed by atoms with Gasteiger partial charge in [0.05, 0.1) is 5.92 Å². The Morgan fingerprint density at radius 2 is 1.96 bits per heavy atom. The van der Waals surface area contributed by atoms with Crippen molar-refractivity contribution in [2.75, 3.05) is 6.54 Å². The Hall–Kier alpha value is -3.52. The van der Waals surface area contributed by atoms with Crippen molar-refractivity contribution in [2.24, 2.45) is 0 Å².